The molecule has 0 radical (unpaired) electrons. The first-order valence-corrected chi connectivity index (χ1v) is 16.9. The summed E-state index contributed by atoms with van der Waals surface area (Å²) >= 11 is 14.7. The minimum atomic E-state index is -2.67. The summed E-state index contributed by atoms with van der Waals surface area (Å²) in [5.41, 5.74) is 3.57. The van der Waals surface area contributed by atoms with Gasteiger partial charge >= 0.3 is 0 Å². The number of halogens is 4. The topological polar surface area (TPSA) is 35.0 Å². The Labute approximate surface area is 265 Å². The number of hydrogen-bond acceptors (Lipinski definition) is 2. The third kappa shape index (κ3) is 5.54. The summed E-state index contributed by atoms with van der Waals surface area (Å²) in [5, 5.41) is 0. The van der Waals surface area contributed by atoms with Crippen molar-refractivity contribution < 1.29 is 0 Å². The molecule has 0 saturated heterocycles. The quantitative estimate of drug-likeness (QED) is 0.101. The van der Waals surface area contributed by atoms with E-state index in [0.29, 0.717) is 9.21 Å². The van der Waals surface area contributed by atoms with E-state index in [2.05, 4.69) is 209 Å². The third-order valence-corrected chi connectivity index (χ3v) is 14.2. The molecule has 5 nitrogen and oxygen atoms in total. The summed E-state index contributed by atoms with van der Waals surface area (Å²) in [6.45, 7) is 0. The van der Waals surface area contributed by atoms with Crippen LogP contribution >= 0.6 is 71.2 Å². The lowest BCUT2D eigenvalue weighted by Crippen LogP contribution is -2.48. The highest BCUT2D eigenvalue weighted by atomic mass is 79.9. The van der Waals surface area contributed by atoms with Crippen molar-refractivity contribution in [3.8, 4) is 0 Å². The standard InChI is InChI=1S/C29H30Br4N5P/c1-36(2)39(37(3)4,35-26-24(30)27(32)34-28(33)25(26)31)38(5)29(21-15-9-6-10-16-21,22-17-11-7-12-18-22)23-19-13-8-14-20-23/h6-20H,1-5H3. The number of nitrogens with zero attached hydrogens (tertiary/aromatic N) is 5. The van der Waals surface area contributed by atoms with Crippen molar-refractivity contribution in [2.45, 2.75) is 5.54 Å². The van der Waals surface area contributed by atoms with E-state index in [-0.39, 0.29) is 0 Å². The van der Waals surface area contributed by atoms with Crippen LogP contribution in [-0.4, -0.2) is 54.2 Å². The van der Waals surface area contributed by atoms with Crippen LogP contribution in [0, 0.1) is 0 Å². The van der Waals surface area contributed by atoms with Gasteiger partial charge in [-0.2, -0.15) is 0 Å². The number of hydrogen-bond donors (Lipinski definition) is 0. The first-order valence-electron chi connectivity index (χ1n) is 12.2. The van der Waals surface area contributed by atoms with E-state index in [1.54, 1.807) is 0 Å². The molecule has 0 aliphatic rings. The molecule has 0 saturated carbocycles. The van der Waals surface area contributed by atoms with Crippen LogP contribution in [0.3, 0.4) is 0 Å². The van der Waals surface area contributed by atoms with Crippen molar-refractivity contribution in [3.05, 3.63) is 126 Å². The van der Waals surface area contributed by atoms with Crippen molar-refractivity contribution in [2.75, 3.05) is 35.2 Å². The van der Waals surface area contributed by atoms with E-state index in [1.807, 2.05) is 0 Å². The van der Waals surface area contributed by atoms with Gasteiger partial charge in [0.15, 0.2) is 7.51 Å². The van der Waals surface area contributed by atoms with Crippen LogP contribution < -0.4 is 0 Å². The molecule has 4 aromatic rings. The summed E-state index contributed by atoms with van der Waals surface area (Å²) in [6, 6.07) is 32.1. The van der Waals surface area contributed by atoms with Crippen LogP contribution in [0.1, 0.15) is 16.7 Å². The van der Waals surface area contributed by atoms with Crippen LogP contribution in [0.4, 0.5) is 5.69 Å². The average Bonchev–Trinajstić information content (AvgIpc) is 2.94. The minimum absolute atomic E-state index is 0.671. The largest absolute Gasteiger partial charge is 0.252 e. The number of rotatable bonds is 8. The minimum Gasteiger partial charge on any atom is -0.252 e. The normalized spacial score (nSPS) is 12.4. The molecule has 0 fully saturated rings. The second-order valence-electron chi connectivity index (χ2n) is 9.33. The van der Waals surface area contributed by atoms with Crippen molar-refractivity contribution in [1.82, 2.24) is 19.0 Å². The Hall–Kier alpha value is -1.16. The van der Waals surface area contributed by atoms with Gasteiger partial charge in [-0.25, -0.2) is 14.4 Å². The Morgan fingerprint density at radius 3 is 1.23 bits per heavy atom. The Kier molecular flexibility index (Phi) is 10.1. The van der Waals surface area contributed by atoms with Gasteiger partial charge in [0.05, 0.1) is 14.6 Å². The maximum absolute atomic E-state index is 5.65. The van der Waals surface area contributed by atoms with Crippen molar-refractivity contribution in [1.29, 1.82) is 0 Å². The van der Waals surface area contributed by atoms with Crippen LogP contribution in [-0.2, 0) is 5.54 Å². The molecular weight excluding hydrogens is 769 g/mol. The fourth-order valence-corrected chi connectivity index (χ4v) is 10.9. The Bertz CT molecular complexity index is 1350. The molecule has 204 valence electrons. The molecule has 0 atom stereocenters. The predicted molar refractivity (Wildman–Crippen MR) is 178 cm³/mol. The van der Waals surface area contributed by atoms with Crippen molar-refractivity contribution >= 4 is 76.9 Å². The molecule has 0 amide bonds. The van der Waals surface area contributed by atoms with Crippen molar-refractivity contribution in [2.24, 2.45) is 4.74 Å². The molecule has 0 aliphatic heterocycles. The number of benzene rings is 3. The monoisotopic (exact) mass is 795 g/mol. The highest BCUT2D eigenvalue weighted by Gasteiger charge is 2.48. The molecule has 0 unspecified atom stereocenters. The summed E-state index contributed by atoms with van der Waals surface area (Å²) in [6.07, 6.45) is 0. The maximum Gasteiger partial charge on any atom is 0.173 e. The Morgan fingerprint density at radius 1 is 0.590 bits per heavy atom. The van der Waals surface area contributed by atoms with Crippen LogP contribution in [0.2, 0.25) is 0 Å². The SMILES string of the molecule is CN(C)P(=Nc1c(Br)c(Br)nc(Br)c1Br)(N(C)C)N(C)C(c1ccccc1)(c1ccccc1)c1ccccc1. The van der Waals surface area contributed by atoms with Gasteiger partial charge in [-0.15, -0.1) is 0 Å². The summed E-state index contributed by atoms with van der Waals surface area (Å²) in [7, 11) is 7.94. The lowest BCUT2D eigenvalue weighted by Gasteiger charge is -2.53. The molecule has 10 heteroatoms. The van der Waals surface area contributed by atoms with Gasteiger partial charge in [0.25, 0.3) is 0 Å². The van der Waals surface area contributed by atoms with Crippen LogP contribution in [0.25, 0.3) is 0 Å². The fourth-order valence-electron chi connectivity index (χ4n) is 5.14. The fraction of sp³-hybridized carbons (Fsp3) is 0.207. The molecular formula is C29H30Br4N5P. The molecule has 0 aliphatic carbocycles. The van der Waals surface area contributed by atoms with Gasteiger partial charge in [-0.1, -0.05) is 91.0 Å². The summed E-state index contributed by atoms with van der Waals surface area (Å²) in [4.78, 5) is 4.54. The smallest absolute Gasteiger partial charge is 0.173 e. The van der Waals surface area contributed by atoms with Gasteiger partial charge in [-0.05, 0) is 116 Å². The number of pyridine rings is 1. The highest BCUT2D eigenvalue weighted by Crippen LogP contribution is 2.65. The average molecular weight is 799 g/mol. The Balaban J connectivity index is 2.22. The van der Waals surface area contributed by atoms with Gasteiger partial charge in [0.1, 0.15) is 14.7 Å². The molecule has 3 aromatic carbocycles. The molecule has 4 rings (SSSR count). The molecule has 1 heterocycles. The summed E-state index contributed by atoms with van der Waals surface area (Å²) in [5.74, 6) is 0. The molecule has 0 bridgehead atoms. The second kappa shape index (κ2) is 12.8. The lowest BCUT2D eigenvalue weighted by molar-refractivity contribution is 0.302. The highest BCUT2D eigenvalue weighted by molar-refractivity contribution is 9.14. The first kappa shape index (κ1) is 30.8. The van der Waals surface area contributed by atoms with E-state index in [0.717, 1.165) is 31.3 Å². The first-order chi connectivity index (χ1) is 18.6. The summed E-state index contributed by atoms with van der Waals surface area (Å²) < 4.78 is 15.5. The Morgan fingerprint density at radius 2 is 0.923 bits per heavy atom. The van der Waals surface area contributed by atoms with Crippen LogP contribution in [0.15, 0.2) is 114 Å². The molecule has 1 aromatic heterocycles. The van der Waals surface area contributed by atoms with E-state index in [1.165, 1.54) is 0 Å². The van der Waals surface area contributed by atoms with Gasteiger partial charge in [0.2, 0.25) is 0 Å². The van der Waals surface area contributed by atoms with E-state index in [9.17, 15) is 0 Å². The van der Waals surface area contributed by atoms with E-state index >= 15 is 0 Å². The number of aromatic nitrogens is 1. The zero-order valence-electron chi connectivity index (χ0n) is 22.4. The van der Waals surface area contributed by atoms with Crippen molar-refractivity contribution in [3.63, 3.8) is 0 Å². The molecule has 0 N–H and O–H groups in total. The second-order valence-corrected chi connectivity index (χ2v) is 15.9. The van der Waals surface area contributed by atoms with E-state index < -0.39 is 13.0 Å². The maximum atomic E-state index is 5.65. The lowest BCUT2D eigenvalue weighted by atomic mass is 9.77. The zero-order valence-corrected chi connectivity index (χ0v) is 29.6. The zero-order chi connectivity index (χ0) is 28.4. The predicted octanol–water partition coefficient (Wildman–Crippen LogP) is 9.76. The molecule has 0 spiro atoms. The van der Waals surface area contributed by atoms with Gasteiger partial charge in [-0.3, -0.25) is 9.34 Å². The van der Waals surface area contributed by atoms with Gasteiger partial charge in [0, 0.05) is 0 Å². The van der Waals surface area contributed by atoms with Gasteiger partial charge < -0.3 is 0 Å². The van der Waals surface area contributed by atoms with E-state index in [4.69, 9.17) is 4.74 Å². The molecule has 39 heavy (non-hydrogen) atoms. The van der Waals surface area contributed by atoms with Crippen LogP contribution in [0.5, 0.6) is 0 Å². The third-order valence-electron chi connectivity index (χ3n) is 6.74.